The molecule has 0 saturated heterocycles. The van der Waals surface area contributed by atoms with E-state index in [1.165, 1.54) is 56.2 Å². The molecule has 0 amide bonds. The summed E-state index contributed by atoms with van der Waals surface area (Å²) in [7, 11) is 0. The number of nitrogens with one attached hydrogen (secondary N) is 1. The van der Waals surface area contributed by atoms with Gasteiger partial charge in [-0.15, -0.1) is 0 Å². The van der Waals surface area contributed by atoms with Gasteiger partial charge >= 0.3 is 0 Å². The van der Waals surface area contributed by atoms with E-state index >= 15 is 0 Å². The Labute approximate surface area is 116 Å². The van der Waals surface area contributed by atoms with Gasteiger partial charge in [0, 0.05) is 17.3 Å². The van der Waals surface area contributed by atoms with Crippen LogP contribution in [0.5, 0.6) is 0 Å². The summed E-state index contributed by atoms with van der Waals surface area (Å²) >= 11 is 0. The van der Waals surface area contributed by atoms with E-state index in [-0.39, 0.29) is 0 Å². The van der Waals surface area contributed by atoms with Crippen molar-refractivity contribution >= 4 is 0 Å². The highest BCUT2D eigenvalue weighted by atomic mass is 15.3. The van der Waals surface area contributed by atoms with Crippen LogP contribution in [0.2, 0.25) is 0 Å². The lowest BCUT2D eigenvalue weighted by Gasteiger charge is -2.18. The monoisotopic (exact) mass is 261 g/mol. The van der Waals surface area contributed by atoms with E-state index in [0.29, 0.717) is 12.1 Å². The van der Waals surface area contributed by atoms with Crippen LogP contribution in [0.4, 0.5) is 0 Å². The quantitative estimate of drug-likeness (QED) is 0.820. The number of aromatic nitrogens is 2. The van der Waals surface area contributed by atoms with E-state index in [1.54, 1.807) is 0 Å². The second kappa shape index (κ2) is 5.66. The van der Waals surface area contributed by atoms with Crippen LogP contribution in [0.1, 0.15) is 75.7 Å². The molecule has 1 saturated carbocycles. The lowest BCUT2D eigenvalue weighted by Crippen LogP contribution is -2.22. The molecule has 3 nitrogen and oxygen atoms in total. The van der Waals surface area contributed by atoms with Crippen LogP contribution in [-0.4, -0.2) is 16.3 Å². The Morgan fingerprint density at radius 3 is 2.95 bits per heavy atom. The maximum Gasteiger partial charge on any atom is 0.0540 e. The average molecular weight is 261 g/mol. The molecule has 106 valence electrons. The first-order valence-electron chi connectivity index (χ1n) is 8.11. The van der Waals surface area contributed by atoms with E-state index in [1.807, 2.05) is 0 Å². The lowest BCUT2D eigenvalue weighted by atomic mass is 10.1. The van der Waals surface area contributed by atoms with Crippen LogP contribution in [0, 0.1) is 5.92 Å². The lowest BCUT2D eigenvalue weighted by molar-refractivity contribution is 0.423. The van der Waals surface area contributed by atoms with Crippen LogP contribution >= 0.6 is 0 Å². The SMILES string of the molecule is CCCNC1CCCCc2c1cnn2C(C)C1CC1. The number of nitrogens with zero attached hydrogens (tertiary/aromatic N) is 2. The average Bonchev–Trinajstić information content (AvgIpc) is 3.21. The van der Waals surface area contributed by atoms with Gasteiger partial charge in [-0.05, 0) is 57.9 Å². The van der Waals surface area contributed by atoms with Crippen LogP contribution in [0.3, 0.4) is 0 Å². The fourth-order valence-corrected chi connectivity index (χ4v) is 3.41. The molecule has 0 aliphatic heterocycles. The summed E-state index contributed by atoms with van der Waals surface area (Å²) in [5.74, 6) is 0.884. The number of hydrogen-bond acceptors (Lipinski definition) is 2. The third kappa shape index (κ3) is 2.71. The van der Waals surface area contributed by atoms with Crippen molar-refractivity contribution in [2.24, 2.45) is 5.92 Å². The van der Waals surface area contributed by atoms with Crippen LogP contribution in [0.15, 0.2) is 6.20 Å². The van der Waals surface area contributed by atoms with Gasteiger partial charge in [0.2, 0.25) is 0 Å². The molecule has 1 aromatic rings. The summed E-state index contributed by atoms with van der Waals surface area (Å²) in [5, 5.41) is 8.45. The molecule has 3 heteroatoms. The van der Waals surface area contributed by atoms with E-state index in [9.17, 15) is 0 Å². The molecule has 2 aliphatic rings. The fourth-order valence-electron chi connectivity index (χ4n) is 3.41. The molecule has 1 fully saturated rings. The number of rotatable bonds is 5. The zero-order valence-corrected chi connectivity index (χ0v) is 12.4. The highest BCUT2D eigenvalue weighted by molar-refractivity contribution is 5.24. The van der Waals surface area contributed by atoms with Gasteiger partial charge < -0.3 is 5.32 Å². The molecular formula is C16H27N3. The largest absolute Gasteiger partial charge is 0.310 e. The summed E-state index contributed by atoms with van der Waals surface area (Å²) in [6.07, 6.45) is 11.3. The molecule has 0 radical (unpaired) electrons. The van der Waals surface area contributed by atoms with Gasteiger partial charge in [0.25, 0.3) is 0 Å². The summed E-state index contributed by atoms with van der Waals surface area (Å²) in [4.78, 5) is 0. The van der Waals surface area contributed by atoms with Crippen molar-refractivity contribution in [3.63, 3.8) is 0 Å². The van der Waals surface area contributed by atoms with Crippen LogP contribution in [-0.2, 0) is 6.42 Å². The van der Waals surface area contributed by atoms with Crippen molar-refractivity contribution in [1.82, 2.24) is 15.1 Å². The van der Waals surface area contributed by atoms with Gasteiger partial charge in [-0.2, -0.15) is 5.10 Å². The fraction of sp³-hybridized carbons (Fsp3) is 0.812. The molecule has 0 bridgehead atoms. The van der Waals surface area contributed by atoms with E-state index in [2.05, 4.69) is 30.0 Å². The summed E-state index contributed by atoms with van der Waals surface area (Å²) in [5.41, 5.74) is 3.00. The second-order valence-corrected chi connectivity index (χ2v) is 6.32. The molecule has 19 heavy (non-hydrogen) atoms. The van der Waals surface area contributed by atoms with Crippen molar-refractivity contribution in [1.29, 1.82) is 0 Å². The highest BCUT2D eigenvalue weighted by Crippen LogP contribution is 2.41. The van der Waals surface area contributed by atoms with Crippen LogP contribution in [0.25, 0.3) is 0 Å². The van der Waals surface area contributed by atoms with E-state index in [4.69, 9.17) is 5.10 Å². The summed E-state index contributed by atoms with van der Waals surface area (Å²) in [6, 6.07) is 1.14. The molecule has 0 aromatic carbocycles. The first-order valence-corrected chi connectivity index (χ1v) is 8.11. The van der Waals surface area contributed by atoms with Crippen molar-refractivity contribution in [3.8, 4) is 0 Å². The molecule has 2 aliphatic carbocycles. The molecule has 3 rings (SSSR count). The number of fused-ring (bicyclic) bond motifs is 1. The zero-order valence-electron chi connectivity index (χ0n) is 12.4. The Hall–Kier alpha value is -0.830. The molecular weight excluding hydrogens is 234 g/mol. The van der Waals surface area contributed by atoms with Crippen molar-refractivity contribution in [2.75, 3.05) is 6.54 Å². The second-order valence-electron chi connectivity index (χ2n) is 6.32. The Kier molecular flexibility index (Phi) is 3.92. The Morgan fingerprint density at radius 1 is 1.37 bits per heavy atom. The highest BCUT2D eigenvalue weighted by Gasteiger charge is 2.32. The third-order valence-corrected chi connectivity index (χ3v) is 4.79. The van der Waals surface area contributed by atoms with E-state index in [0.717, 1.165) is 12.5 Å². The maximum atomic E-state index is 4.74. The summed E-state index contributed by atoms with van der Waals surface area (Å²) < 4.78 is 2.35. The smallest absolute Gasteiger partial charge is 0.0540 e. The normalized spacial score (nSPS) is 24.8. The topological polar surface area (TPSA) is 29.9 Å². The minimum atomic E-state index is 0.539. The minimum absolute atomic E-state index is 0.539. The first kappa shape index (κ1) is 13.2. The van der Waals surface area contributed by atoms with Gasteiger partial charge in [-0.1, -0.05) is 13.3 Å². The van der Waals surface area contributed by atoms with Crippen LogP contribution < -0.4 is 5.32 Å². The molecule has 1 aromatic heterocycles. The Morgan fingerprint density at radius 2 is 2.21 bits per heavy atom. The van der Waals surface area contributed by atoms with Crippen molar-refractivity contribution in [3.05, 3.63) is 17.5 Å². The molecule has 0 spiro atoms. The van der Waals surface area contributed by atoms with Gasteiger partial charge in [0.1, 0.15) is 0 Å². The number of hydrogen-bond donors (Lipinski definition) is 1. The zero-order chi connectivity index (χ0) is 13.2. The predicted molar refractivity (Wildman–Crippen MR) is 78.3 cm³/mol. The molecule has 1 N–H and O–H groups in total. The molecule has 2 atom stereocenters. The Balaban J connectivity index is 1.83. The molecule has 1 heterocycles. The van der Waals surface area contributed by atoms with Gasteiger partial charge in [-0.3, -0.25) is 4.68 Å². The maximum absolute atomic E-state index is 4.74. The third-order valence-electron chi connectivity index (χ3n) is 4.79. The Bertz CT molecular complexity index is 420. The molecule has 2 unspecified atom stereocenters. The first-order chi connectivity index (χ1) is 9.31. The van der Waals surface area contributed by atoms with Gasteiger partial charge in [-0.25, -0.2) is 0 Å². The van der Waals surface area contributed by atoms with Gasteiger partial charge in [0.15, 0.2) is 0 Å². The van der Waals surface area contributed by atoms with Crippen molar-refractivity contribution in [2.45, 2.75) is 70.9 Å². The predicted octanol–water partition coefficient (Wildman–Crippen LogP) is 3.62. The standard InChI is InChI=1S/C16H27N3/c1-3-10-17-15-6-4-5-7-16-14(15)11-18-19(16)12(2)13-8-9-13/h11-13,15,17H,3-10H2,1-2H3. The van der Waals surface area contributed by atoms with Gasteiger partial charge in [0.05, 0.1) is 12.2 Å². The van der Waals surface area contributed by atoms with E-state index < -0.39 is 0 Å². The van der Waals surface area contributed by atoms with Crippen molar-refractivity contribution < 1.29 is 0 Å². The summed E-state index contributed by atoms with van der Waals surface area (Å²) in [6.45, 7) is 5.71. The minimum Gasteiger partial charge on any atom is -0.310 e.